The van der Waals surface area contributed by atoms with Crippen LogP contribution >= 0.6 is 0 Å². The van der Waals surface area contributed by atoms with E-state index in [4.69, 9.17) is 9.57 Å². The van der Waals surface area contributed by atoms with Gasteiger partial charge in [0, 0.05) is 24.4 Å². The molecule has 0 saturated heterocycles. The van der Waals surface area contributed by atoms with Crippen molar-refractivity contribution in [1.82, 2.24) is 4.47 Å². The Hall–Kier alpha value is -2.68. The minimum Gasteiger partial charge on any atom is -0.489 e. The highest BCUT2D eigenvalue weighted by molar-refractivity contribution is 7.89. The molecule has 138 valence electrons. The molecule has 0 aromatic heterocycles. The van der Waals surface area contributed by atoms with Crippen molar-refractivity contribution in [3.63, 3.8) is 0 Å². The minimum atomic E-state index is -3.75. The van der Waals surface area contributed by atoms with Gasteiger partial charge in [0.2, 0.25) is 0 Å². The van der Waals surface area contributed by atoms with Crippen LogP contribution in [0.2, 0.25) is 0 Å². The molecule has 0 atom stereocenters. The van der Waals surface area contributed by atoms with E-state index < -0.39 is 10.0 Å². The summed E-state index contributed by atoms with van der Waals surface area (Å²) >= 11 is 0. The van der Waals surface area contributed by atoms with Crippen molar-refractivity contribution >= 4 is 21.6 Å². The molecule has 0 bridgehead atoms. The summed E-state index contributed by atoms with van der Waals surface area (Å²) in [5.41, 5.74) is 0.883. The Morgan fingerprint density at radius 2 is 1.92 bits per heavy atom. The number of carbonyl (C=O) groups is 1. The van der Waals surface area contributed by atoms with Crippen LogP contribution in [-0.2, 0) is 14.9 Å². The number of sulfonamides is 1. The van der Waals surface area contributed by atoms with E-state index in [2.05, 4.69) is 11.9 Å². The summed E-state index contributed by atoms with van der Waals surface area (Å²) in [4.78, 5) is 17.1. The molecule has 0 unspecified atom stereocenters. The molecule has 0 saturated carbocycles. The predicted molar refractivity (Wildman–Crippen MR) is 98.5 cm³/mol. The molecule has 0 aliphatic heterocycles. The summed E-state index contributed by atoms with van der Waals surface area (Å²) in [6, 6.07) is 12.5. The van der Waals surface area contributed by atoms with Crippen molar-refractivity contribution in [2.75, 3.05) is 26.1 Å². The van der Waals surface area contributed by atoms with Crippen LogP contribution in [0.15, 0.2) is 66.1 Å². The number of hydrogen-bond donors (Lipinski definition) is 1. The second kappa shape index (κ2) is 8.61. The van der Waals surface area contributed by atoms with Crippen LogP contribution in [0, 0.1) is 0 Å². The standard InChI is InChI=1S/C18H20N2O5S/c1-4-12-25-16-7-5-6-15(13-16)19-18(21)14-8-10-17(11-9-14)26(22,23)20(2)24-3/h4-11,13H,1,12H2,2-3H3,(H,19,21). The Bertz CT molecular complexity index is 879. The first kappa shape index (κ1) is 19.6. The third kappa shape index (κ3) is 4.69. The topological polar surface area (TPSA) is 84.9 Å². The van der Waals surface area contributed by atoms with E-state index in [0.717, 1.165) is 4.47 Å². The van der Waals surface area contributed by atoms with Gasteiger partial charge in [-0.05, 0) is 36.4 Å². The molecule has 7 nitrogen and oxygen atoms in total. The molecule has 0 radical (unpaired) electrons. The number of carbonyl (C=O) groups excluding carboxylic acids is 1. The highest BCUT2D eigenvalue weighted by atomic mass is 32.2. The van der Waals surface area contributed by atoms with Crippen molar-refractivity contribution in [2.45, 2.75) is 4.90 Å². The number of benzene rings is 2. The molecular weight excluding hydrogens is 356 g/mol. The van der Waals surface area contributed by atoms with Crippen LogP contribution in [0.5, 0.6) is 5.75 Å². The third-order valence-electron chi connectivity index (χ3n) is 3.47. The van der Waals surface area contributed by atoms with E-state index in [0.29, 0.717) is 23.6 Å². The number of anilines is 1. The summed E-state index contributed by atoms with van der Waals surface area (Å²) in [6.45, 7) is 3.94. The van der Waals surface area contributed by atoms with Crippen LogP contribution < -0.4 is 10.1 Å². The highest BCUT2D eigenvalue weighted by Crippen LogP contribution is 2.19. The lowest BCUT2D eigenvalue weighted by molar-refractivity contribution is -0.0258. The van der Waals surface area contributed by atoms with Crippen molar-refractivity contribution in [3.8, 4) is 5.75 Å². The Morgan fingerprint density at radius 1 is 1.23 bits per heavy atom. The van der Waals surface area contributed by atoms with E-state index >= 15 is 0 Å². The predicted octanol–water partition coefficient (Wildman–Crippen LogP) is 2.69. The SMILES string of the molecule is C=CCOc1cccc(NC(=O)c2ccc(S(=O)(=O)N(C)OC)cc2)c1. The maximum atomic E-state index is 12.3. The largest absolute Gasteiger partial charge is 0.489 e. The second-order valence-corrected chi connectivity index (χ2v) is 7.14. The first-order chi connectivity index (χ1) is 12.4. The Labute approximate surface area is 152 Å². The van der Waals surface area contributed by atoms with Crippen LogP contribution in [0.3, 0.4) is 0 Å². The fourth-order valence-corrected chi connectivity index (χ4v) is 3.02. The zero-order valence-electron chi connectivity index (χ0n) is 14.5. The number of hydroxylamine groups is 1. The first-order valence-corrected chi connectivity index (χ1v) is 9.10. The van der Waals surface area contributed by atoms with Crippen LogP contribution in [0.1, 0.15) is 10.4 Å². The average Bonchev–Trinajstić information content (AvgIpc) is 2.66. The maximum absolute atomic E-state index is 12.3. The normalized spacial score (nSPS) is 11.2. The number of nitrogens with one attached hydrogen (secondary N) is 1. The van der Waals surface area contributed by atoms with Crippen LogP contribution in [-0.4, -0.2) is 39.6 Å². The van der Waals surface area contributed by atoms with Gasteiger partial charge in [-0.3, -0.25) is 9.63 Å². The van der Waals surface area contributed by atoms with Gasteiger partial charge in [-0.2, -0.15) is 0 Å². The monoisotopic (exact) mass is 376 g/mol. The van der Waals surface area contributed by atoms with Crippen molar-refractivity contribution in [2.24, 2.45) is 0 Å². The number of rotatable bonds is 8. The average molecular weight is 376 g/mol. The molecule has 0 spiro atoms. The Kier molecular flexibility index (Phi) is 6.51. The van der Waals surface area contributed by atoms with Gasteiger partial charge in [0.15, 0.2) is 0 Å². The van der Waals surface area contributed by atoms with Crippen molar-refractivity contribution in [3.05, 3.63) is 66.7 Å². The van der Waals surface area contributed by atoms with E-state index in [1.54, 1.807) is 30.3 Å². The Morgan fingerprint density at radius 3 is 2.54 bits per heavy atom. The molecule has 2 aromatic carbocycles. The molecule has 2 rings (SSSR count). The number of nitrogens with zero attached hydrogens (tertiary/aromatic N) is 1. The molecule has 1 N–H and O–H groups in total. The molecule has 0 aliphatic carbocycles. The van der Waals surface area contributed by atoms with Crippen LogP contribution in [0.4, 0.5) is 5.69 Å². The smallest absolute Gasteiger partial charge is 0.264 e. The summed E-state index contributed by atoms with van der Waals surface area (Å²) in [5, 5.41) is 2.74. The third-order valence-corrected chi connectivity index (χ3v) is 5.16. The highest BCUT2D eigenvalue weighted by Gasteiger charge is 2.21. The molecule has 0 aliphatic rings. The molecule has 0 fully saturated rings. The lowest BCUT2D eigenvalue weighted by atomic mass is 10.2. The fraction of sp³-hybridized carbons (Fsp3) is 0.167. The summed E-state index contributed by atoms with van der Waals surface area (Å²) < 4.78 is 30.4. The van der Waals surface area contributed by atoms with Gasteiger partial charge in [0.05, 0.1) is 12.0 Å². The summed E-state index contributed by atoms with van der Waals surface area (Å²) in [5.74, 6) is 0.238. The van der Waals surface area contributed by atoms with E-state index in [-0.39, 0.29) is 10.8 Å². The molecular formula is C18H20N2O5S. The minimum absolute atomic E-state index is 0.0261. The quantitative estimate of drug-likeness (QED) is 0.566. The first-order valence-electron chi connectivity index (χ1n) is 7.66. The van der Waals surface area contributed by atoms with E-state index in [1.807, 2.05) is 0 Å². The zero-order chi connectivity index (χ0) is 19.2. The second-order valence-electron chi connectivity index (χ2n) is 5.20. The van der Waals surface area contributed by atoms with Crippen molar-refractivity contribution in [1.29, 1.82) is 0 Å². The van der Waals surface area contributed by atoms with Gasteiger partial charge in [-0.1, -0.05) is 23.2 Å². The van der Waals surface area contributed by atoms with Crippen LogP contribution in [0.25, 0.3) is 0 Å². The zero-order valence-corrected chi connectivity index (χ0v) is 15.3. The lowest BCUT2D eigenvalue weighted by Gasteiger charge is -2.14. The number of ether oxygens (including phenoxy) is 1. The lowest BCUT2D eigenvalue weighted by Crippen LogP contribution is -2.25. The molecule has 2 aromatic rings. The molecule has 26 heavy (non-hydrogen) atoms. The summed E-state index contributed by atoms with van der Waals surface area (Å²) in [6.07, 6.45) is 1.63. The Balaban J connectivity index is 2.12. The van der Waals surface area contributed by atoms with Gasteiger partial charge in [0.25, 0.3) is 15.9 Å². The summed E-state index contributed by atoms with van der Waals surface area (Å²) in [7, 11) is -1.20. The molecule has 8 heteroatoms. The molecule has 0 heterocycles. The van der Waals surface area contributed by atoms with Crippen molar-refractivity contribution < 1.29 is 22.8 Å². The maximum Gasteiger partial charge on any atom is 0.264 e. The van der Waals surface area contributed by atoms with Gasteiger partial charge < -0.3 is 10.1 Å². The molecule has 1 amide bonds. The number of hydrogen-bond acceptors (Lipinski definition) is 5. The van der Waals surface area contributed by atoms with E-state index in [9.17, 15) is 13.2 Å². The van der Waals surface area contributed by atoms with Gasteiger partial charge in [-0.15, -0.1) is 0 Å². The van der Waals surface area contributed by atoms with Gasteiger partial charge >= 0.3 is 0 Å². The van der Waals surface area contributed by atoms with E-state index in [1.165, 1.54) is 38.4 Å². The van der Waals surface area contributed by atoms with Gasteiger partial charge in [0.1, 0.15) is 12.4 Å². The van der Waals surface area contributed by atoms with Gasteiger partial charge in [-0.25, -0.2) is 8.42 Å². The number of amides is 1. The fourth-order valence-electron chi connectivity index (χ4n) is 2.05.